The zero-order valence-electron chi connectivity index (χ0n) is 16.4. The summed E-state index contributed by atoms with van der Waals surface area (Å²) in [6, 6.07) is 10.7. The molecule has 1 atom stereocenters. The molecule has 0 aromatic heterocycles. The molecule has 0 bridgehead atoms. The highest BCUT2D eigenvalue weighted by atomic mass is 35.5. The van der Waals surface area contributed by atoms with Crippen LogP contribution < -0.4 is 5.01 Å². The first-order chi connectivity index (χ1) is 14.6. The molecule has 0 fully saturated rings. The van der Waals surface area contributed by atoms with E-state index in [2.05, 4.69) is 5.10 Å². The fraction of sp³-hybridized carbons (Fsp3) is 0.227. The molecule has 1 aliphatic rings. The topological polar surface area (TPSA) is 70.0 Å². The molecule has 0 spiro atoms. The van der Waals surface area contributed by atoms with E-state index in [0.717, 1.165) is 12.1 Å². The number of anilines is 1. The molecular weight excluding hydrogens is 433 g/mol. The third kappa shape index (κ3) is 5.14. The Kier molecular flexibility index (Phi) is 6.50. The third-order valence-electron chi connectivity index (χ3n) is 4.85. The first-order valence-electron chi connectivity index (χ1n) is 9.38. The van der Waals surface area contributed by atoms with Crippen molar-refractivity contribution in [3.05, 3.63) is 70.3 Å². The smallest absolute Gasteiger partial charge is 0.416 e. The number of rotatable bonds is 6. The Morgan fingerprint density at radius 3 is 2.29 bits per heavy atom. The number of aliphatic carboxylic acids is 1. The zero-order valence-corrected chi connectivity index (χ0v) is 17.1. The number of benzene rings is 2. The predicted molar refractivity (Wildman–Crippen MR) is 112 cm³/mol. The van der Waals surface area contributed by atoms with Gasteiger partial charge in [0.2, 0.25) is 0 Å². The van der Waals surface area contributed by atoms with Crippen molar-refractivity contribution in [2.75, 3.05) is 5.01 Å². The quantitative estimate of drug-likeness (QED) is 0.578. The maximum Gasteiger partial charge on any atom is 0.416 e. The summed E-state index contributed by atoms with van der Waals surface area (Å²) in [6.45, 7) is 1.81. The van der Waals surface area contributed by atoms with E-state index in [4.69, 9.17) is 11.6 Å². The van der Waals surface area contributed by atoms with Gasteiger partial charge in [0, 0.05) is 10.6 Å². The number of carboxylic acids is 1. The van der Waals surface area contributed by atoms with Crippen LogP contribution in [0.4, 0.5) is 18.9 Å². The number of alkyl halides is 3. The Morgan fingerprint density at radius 1 is 1.16 bits per heavy atom. The molecule has 2 aromatic carbocycles. The molecule has 9 heteroatoms. The average Bonchev–Trinajstić information content (AvgIpc) is 3.03. The Morgan fingerprint density at radius 2 is 1.77 bits per heavy atom. The standard InChI is InChI=1S/C22H18ClF3N2O3/c1-2-19-18(20(29)28(27-19)17-9-7-16(23)8-10-17)12-14(21(30)31)11-13-3-5-15(6-4-13)22(24,25)26/h3-11,18H,2,12H2,1H3,(H,30,31). The van der Waals surface area contributed by atoms with Crippen molar-refractivity contribution < 1.29 is 27.9 Å². The van der Waals surface area contributed by atoms with Crippen LogP contribution in [0.2, 0.25) is 5.02 Å². The van der Waals surface area contributed by atoms with Gasteiger partial charge in [-0.15, -0.1) is 0 Å². The summed E-state index contributed by atoms with van der Waals surface area (Å²) in [4.78, 5) is 24.7. The van der Waals surface area contributed by atoms with Crippen LogP contribution in [0.25, 0.3) is 6.08 Å². The summed E-state index contributed by atoms with van der Waals surface area (Å²) in [6.07, 6.45) is -2.90. The monoisotopic (exact) mass is 450 g/mol. The number of carbonyl (C=O) groups is 2. The van der Waals surface area contributed by atoms with Crippen molar-refractivity contribution in [2.24, 2.45) is 11.0 Å². The number of hydrogen-bond acceptors (Lipinski definition) is 3. The van der Waals surface area contributed by atoms with E-state index in [1.807, 2.05) is 6.92 Å². The second-order valence-corrected chi connectivity index (χ2v) is 7.36. The number of carboxylic acid groups (broad SMARTS) is 1. The van der Waals surface area contributed by atoms with Gasteiger partial charge in [-0.25, -0.2) is 9.80 Å². The van der Waals surface area contributed by atoms with E-state index < -0.39 is 23.6 Å². The molecule has 5 nitrogen and oxygen atoms in total. The summed E-state index contributed by atoms with van der Waals surface area (Å²) in [5.41, 5.74) is 0.398. The Bertz CT molecular complexity index is 1050. The molecule has 0 radical (unpaired) electrons. The fourth-order valence-corrected chi connectivity index (χ4v) is 3.35. The number of hydrogen-bond donors (Lipinski definition) is 1. The van der Waals surface area contributed by atoms with Crippen molar-refractivity contribution in [2.45, 2.75) is 25.9 Å². The van der Waals surface area contributed by atoms with Crippen molar-refractivity contribution in [3.8, 4) is 0 Å². The highest BCUT2D eigenvalue weighted by Crippen LogP contribution is 2.32. The summed E-state index contributed by atoms with van der Waals surface area (Å²) in [5.74, 6) is -2.41. The van der Waals surface area contributed by atoms with E-state index in [-0.39, 0.29) is 17.9 Å². The van der Waals surface area contributed by atoms with Gasteiger partial charge in [-0.05, 0) is 60.9 Å². The lowest BCUT2D eigenvalue weighted by atomic mass is 9.92. The van der Waals surface area contributed by atoms with E-state index >= 15 is 0 Å². The van der Waals surface area contributed by atoms with Crippen LogP contribution in [0.15, 0.2) is 59.2 Å². The van der Waals surface area contributed by atoms with Crippen molar-refractivity contribution >= 4 is 41.0 Å². The second kappa shape index (κ2) is 8.93. The van der Waals surface area contributed by atoms with Gasteiger partial charge in [-0.3, -0.25) is 4.79 Å². The van der Waals surface area contributed by atoms with Crippen LogP contribution in [0.5, 0.6) is 0 Å². The summed E-state index contributed by atoms with van der Waals surface area (Å²) >= 11 is 5.88. The average molecular weight is 451 g/mol. The molecule has 1 N–H and O–H groups in total. The third-order valence-corrected chi connectivity index (χ3v) is 5.10. The van der Waals surface area contributed by atoms with Crippen LogP contribution in [0, 0.1) is 5.92 Å². The molecule has 1 unspecified atom stereocenters. The van der Waals surface area contributed by atoms with E-state index in [1.54, 1.807) is 24.3 Å². The molecule has 1 heterocycles. The van der Waals surface area contributed by atoms with Crippen molar-refractivity contribution in [3.63, 3.8) is 0 Å². The Balaban J connectivity index is 1.86. The zero-order chi connectivity index (χ0) is 22.8. The van der Waals surface area contributed by atoms with Gasteiger partial charge in [-0.2, -0.15) is 18.3 Å². The molecule has 2 aromatic rings. The van der Waals surface area contributed by atoms with Gasteiger partial charge in [0.05, 0.1) is 22.9 Å². The van der Waals surface area contributed by atoms with E-state index in [9.17, 15) is 27.9 Å². The molecule has 0 saturated heterocycles. The van der Waals surface area contributed by atoms with Gasteiger partial charge in [0.1, 0.15) is 0 Å². The molecule has 3 rings (SSSR count). The molecular formula is C22H18ClF3N2O3. The molecule has 162 valence electrons. The summed E-state index contributed by atoms with van der Waals surface area (Å²) < 4.78 is 38.2. The largest absolute Gasteiger partial charge is 0.478 e. The predicted octanol–water partition coefficient (Wildman–Crippen LogP) is 5.65. The lowest BCUT2D eigenvalue weighted by molar-refractivity contribution is -0.137. The van der Waals surface area contributed by atoms with Crippen LogP contribution in [-0.2, 0) is 15.8 Å². The molecule has 0 saturated carbocycles. The SMILES string of the molecule is CCC1=NN(c2ccc(Cl)cc2)C(=O)C1CC(=Cc1ccc(C(F)(F)F)cc1)C(=O)O. The highest BCUT2D eigenvalue weighted by Gasteiger charge is 2.37. The molecule has 31 heavy (non-hydrogen) atoms. The summed E-state index contributed by atoms with van der Waals surface area (Å²) in [5, 5.41) is 15.7. The van der Waals surface area contributed by atoms with Crippen molar-refractivity contribution in [1.29, 1.82) is 0 Å². The second-order valence-electron chi connectivity index (χ2n) is 6.92. The van der Waals surface area contributed by atoms with Crippen LogP contribution in [0.3, 0.4) is 0 Å². The van der Waals surface area contributed by atoms with E-state index in [0.29, 0.717) is 28.4 Å². The molecule has 1 aliphatic heterocycles. The normalized spacial score (nSPS) is 17.1. The first kappa shape index (κ1) is 22.6. The number of hydrazone groups is 1. The fourth-order valence-electron chi connectivity index (χ4n) is 3.22. The van der Waals surface area contributed by atoms with Gasteiger partial charge in [-0.1, -0.05) is 30.7 Å². The van der Waals surface area contributed by atoms with Gasteiger partial charge >= 0.3 is 12.1 Å². The minimum absolute atomic E-state index is 0.0998. The van der Waals surface area contributed by atoms with Gasteiger partial charge in [0.15, 0.2) is 0 Å². The maximum absolute atomic E-state index is 13.0. The lowest BCUT2D eigenvalue weighted by Crippen LogP contribution is -2.28. The first-order valence-corrected chi connectivity index (χ1v) is 9.76. The van der Waals surface area contributed by atoms with Crippen LogP contribution in [-0.4, -0.2) is 22.7 Å². The van der Waals surface area contributed by atoms with Gasteiger partial charge < -0.3 is 5.11 Å². The van der Waals surface area contributed by atoms with Gasteiger partial charge in [0.25, 0.3) is 5.91 Å². The number of halogens is 4. The minimum atomic E-state index is -4.48. The Labute approximate surface area is 181 Å². The number of nitrogens with zero attached hydrogens (tertiary/aromatic N) is 2. The summed E-state index contributed by atoms with van der Waals surface area (Å²) in [7, 11) is 0. The number of carbonyl (C=O) groups excluding carboxylic acids is 1. The molecule has 1 amide bonds. The number of amides is 1. The van der Waals surface area contributed by atoms with Crippen molar-refractivity contribution in [1.82, 2.24) is 0 Å². The van der Waals surface area contributed by atoms with Crippen LogP contribution >= 0.6 is 11.6 Å². The molecule has 0 aliphatic carbocycles. The highest BCUT2D eigenvalue weighted by molar-refractivity contribution is 6.30. The lowest BCUT2D eigenvalue weighted by Gasteiger charge is -2.15. The maximum atomic E-state index is 13.0. The van der Waals surface area contributed by atoms with Crippen LogP contribution in [0.1, 0.15) is 30.9 Å². The minimum Gasteiger partial charge on any atom is -0.478 e. The Hall–Kier alpha value is -3.13. The van der Waals surface area contributed by atoms with E-state index in [1.165, 1.54) is 23.2 Å².